The third kappa shape index (κ3) is 4.51. The van der Waals surface area contributed by atoms with Crippen molar-refractivity contribution in [2.75, 3.05) is 13.1 Å². The van der Waals surface area contributed by atoms with Gasteiger partial charge in [0, 0.05) is 40.5 Å². The van der Waals surface area contributed by atoms with Gasteiger partial charge < -0.3 is 20.5 Å². The molecule has 2 aliphatic rings. The van der Waals surface area contributed by atoms with Crippen LogP contribution in [-0.4, -0.2) is 47.0 Å². The number of halogens is 1. The number of hydrogen-bond donors (Lipinski definition) is 3. The standard InChI is InChI=1S/C21H27BrN4O2/c22-15-7-6-14-12-19(25-18(14)13-15)20(27)23-17-8-10-26(11-9-17)21(28)24-16-4-2-1-3-5-16/h6-7,12-13,16-17,25H,1-5,8-11H2,(H,23,27)(H,24,28). The van der Waals surface area contributed by atoms with Gasteiger partial charge in [0.25, 0.3) is 5.91 Å². The molecule has 4 rings (SSSR count). The van der Waals surface area contributed by atoms with E-state index in [0.29, 0.717) is 24.8 Å². The van der Waals surface area contributed by atoms with E-state index in [4.69, 9.17) is 0 Å². The summed E-state index contributed by atoms with van der Waals surface area (Å²) in [5, 5.41) is 7.31. The average Bonchev–Trinajstić information content (AvgIpc) is 3.12. The number of aromatic nitrogens is 1. The Labute approximate surface area is 173 Å². The topological polar surface area (TPSA) is 77.2 Å². The molecule has 1 aromatic heterocycles. The summed E-state index contributed by atoms with van der Waals surface area (Å²) in [5.41, 5.74) is 1.51. The van der Waals surface area contributed by atoms with Crippen molar-refractivity contribution in [1.29, 1.82) is 0 Å². The minimum Gasteiger partial charge on any atom is -0.350 e. The SMILES string of the molecule is O=C(NC1CCN(C(=O)NC2CCCCC2)CC1)c1cc2ccc(Br)cc2[nH]1. The third-order valence-electron chi connectivity index (χ3n) is 5.88. The molecule has 3 amide bonds. The molecule has 7 heteroatoms. The molecular weight excluding hydrogens is 420 g/mol. The van der Waals surface area contributed by atoms with Crippen molar-refractivity contribution in [2.45, 2.75) is 57.0 Å². The van der Waals surface area contributed by atoms with Crippen molar-refractivity contribution in [3.05, 3.63) is 34.4 Å². The van der Waals surface area contributed by atoms with Crippen LogP contribution in [0.5, 0.6) is 0 Å². The maximum absolute atomic E-state index is 12.6. The molecule has 1 saturated heterocycles. The van der Waals surface area contributed by atoms with Gasteiger partial charge in [0.15, 0.2) is 0 Å². The number of piperidine rings is 1. The molecule has 0 spiro atoms. The second-order valence-corrected chi connectivity index (χ2v) is 8.85. The number of nitrogens with one attached hydrogen (secondary N) is 3. The molecule has 0 radical (unpaired) electrons. The van der Waals surface area contributed by atoms with Gasteiger partial charge in [0.1, 0.15) is 5.69 Å². The van der Waals surface area contributed by atoms with Gasteiger partial charge >= 0.3 is 6.03 Å². The van der Waals surface area contributed by atoms with Crippen LogP contribution >= 0.6 is 15.9 Å². The largest absolute Gasteiger partial charge is 0.350 e. The van der Waals surface area contributed by atoms with E-state index < -0.39 is 0 Å². The van der Waals surface area contributed by atoms with Crippen LogP contribution < -0.4 is 10.6 Å². The van der Waals surface area contributed by atoms with Crippen LogP contribution in [0.15, 0.2) is 28.7 Å². The molecule has 3 N–H and O–H groups in total. The molecule has 6 nitrogen and oxygen atoms in total. The van der Waals surface area contributed by atoms with Gasteiger partial charge in [-0.1, -0.05) is 41.3 Å². The molecule has 1 aliphatic heterocycles. The van der Waals surface area contributed by atoms with Crippen molar-refractivity contribution in [3.63, 3.8) is 0 Å². The number of aromatic amines is 1. The van der Waals surface area contributed by atoms with E-state index >= 15 is 0 Å². The van der Waals surface area contributed by atoms with Crippen molar-refractivity contribution in [2.24, 2.45) is 0 Å². The molecule has 2 fully saturated rings. The molecular formula is C21H27BrN4O2. The van der Waals surface area contributed by atoms with Crippen molar-refractivity contribution in [1.82, 2.24) is 20.5 Å². The zero-order valence-electron chi connectivity index (χ0n) is 16.0. The quantitative estimate of drug-likeness (QED) is 0.661. The normalized spacial score (nSPS) is 19.0. The summed E-state index contributed by atoms with van der Waals surface area (Å²) in [6, 6.07) is 8.28. The Morgan fingerprint density at radius 3 is 2.43 bits per heavy atom. The maximum Gasteiger partial charge on any atom is 0.317 e. The van der Waals surface area contributed by atoms with Crippen LogP contribution in [0.3, 0.4) is 0 Å². The number of benzene rings is 1. The summed E-state index contributed by atoms with van der Waals surface area (Å²) in [6.45, 7) is 1.37. The molecule has 28 heavy (non-hydrogen) atoms. The first-order valence-electron chi connectivity index (χ1n) is 10.2. The minimum absolute atomic E-state index is 0.0536. The Hall–Kier alpha value is -2.02. The van der Waals surface area contributed by atoms with Crippen LogP contribution in [0.2, 0.25) is 0 Å². The first-order chi connectivity index (χ1) is 13.6. The number of urea groups is 1. The average molecular weight is 447 g/mol. The summed E-state index contributed by atoms with van der Waals surface area (Å²) < 4.78 is 0.979. The highest BCUT2D eigenvalue weighted by molar-refractivity contribution is 9.10. The van der Waals surface area contributed by atoms with Gasteiger partial charge in [-0.25, -0.2) is 4.79 Å². The zero-order valence-corrected chi connectivity index (χ0v) is 17.6. The Kier molecular flexibility index (Phi) is 5.90. The fourth-order valence-electron chi connectivity index (χ4n) is 4.22. The molecule has 2 heterocycles. The first kappa shape index (κ1) is 19.3. The summed E-state index contributed by atoms with van der Waals surface area (Å²) in [7, 11) is 0. The van der Waals surface area contributed by atoms with E-state index in [9.17, 15) is 9.59 Å². The summed E-state index contributed by atoms with van der Waals surface area (Å²) >= 11 is 3.45. The molecule has 150 valence electrons. The molecule has 1 aromatic carbocycles. The smallest absolute Gasteiger partial charge is 0.317 e. The van der Waals surface area contributed by atoms with Gasteiger partial charge in [-0.3, -0.25) is 4.79 Å². The second kappa shape index (κ2) is 8.55. The molecule has 1 aliphatic carbocycles. The highest BCUT2D eigenvalue weighted by atomic mass is 79.9. The van der Waals surface area contributed by atoms with E-state index in [-0.39, 0.29) is 18.0 Å². The second-order valence-electron chi connectivity index (χ2n) is 7.93. The van der Waals surface area contributed by atoms with E-state index in [0.717, 1.165) is 41.1 Å². The third-order valence-corrected chi connectivity index (χ3v) is 6.37. The fraction of sp³-hybridized carbons (Fsp3) is 0.524. The Morgan fingerprint density at radius 1 is 0.964 bits per heavy atom. The van der Waals surface area contributed by atoms with Gasteiger partial charge in [-0.15, -0.1) is 0 Å². The number of carbonyl (C=O) groups is 2. The minimum atomic E-state index is -0.0857. The lowest BCUT2D eigenvalue weighted by Crippen LogP contribution is -2.51. The van der Waals surface area contributed by atoms with Crippen LogP contribution in [0.1, 0.15) is 55.4 Å². The van der Waals surface area contributed by atoms with E-state index in [1.165, 1.54) is 19.3 Å². The predicted molar refractivity (Wildman–Crippen MR) is 113 cm³/mol. The lowest BCUT2D eigenvalue weighted by atomic mass is 9.95. The number of fused-ring (bicyclic) bond motifs is 1. The van der Waals surface area contributed by atoms with Crippen LogP contribution in [0.4, 0.5) is 4.79 Å². The highest BCUT2D eigenvalue weighted by Crippen LogP contribution is 2.21. The monoisotopic (exact) mass is 446 g/mol. The number of nitrogens with zero attached hydrogens (tertiary/aromatic N) is 1. The number of H-pyrrole nitrogens is 1. The van der Waals surface area contributed by atoms with E-state index in [1.54, 1.807) is 0 Å². The van der Waals surface area contributed by atoms with Crippen LogP contribution in [-0.2, 0) is 0 Å². The van der Waals surface area contributed by atoms with E-state index in [1.807, 2.05) is 29.2 Å². The maximum atomic E-state index is 12.6. The number of likely N-dealkylation sites (tertiary alicyclic amines) is 1. The summed E-state index contributed by atoms with van der Waals surface area (Å²) in [6.07, 6.45) is 7.47. The van der Waals surface area contributed by atoms with Gasteiger partial charge in [0.05, 0.1) is 0 Å². The number of hydrogen-bond acceptors (Lipinski definition) is 2. The van der Waals surface area contributed by atoms with Gasteiger partial charge in [-0.05, 0) is 43.9 Å². The molecule has 1 saturated carbocycles. The van der Waals surface area contributed by atoms with E-state index in [2.05, 4.69) is 31.5 Å². The Balaban J connectivity index is 1.27. The molecule has 2 aromatic rings. The van der Waals surface area contributed by atoms with Crippen molar-refractivity contribution in [3.8, 4) is 0 Å². The predicted octanol–water partition coefficient (Wildman–Crippen LogP) is 4.17. The lowest BCUT2D eigenvalue weighted by Gasteiger charge is -2.34. The molecule has 0 atom stereocenters. The number of rotatable bonds is 3. The Morgan fingerprint density at radius 2 is 1.68 bits per heavy atom. The van der Waals surface area contributed by atoms with Gasteiger partial charge in [0.2, 0.25) is 0 Å². The Bertz CT molecular complexity index is 851. The van der Waals surface area contributed by atoms with Crippen LogP contribution in [0.25, 0.3) is 10.9 Å². The van der Waals surface area contributed by atoms with Crippen LogP contribution in [0, 0.1) is 0 Å². The summed E-state index contributed by atoms with van der Waals surface area (Å²) in [4.78, 5) is 30.1. The number of amides is 3. The first-order valence-corrected chi connectivity index (χ1v) is 11.0. The van der Waals surface area contributed by atoms with Crippen molar-refractivity contribution < 1.29 is 9.59 Å². The van der Waals surface area contributed by atoms with Gasteiger partial charge in [-0.2, -0.15) is 0 Å². The molecule has 0 unspecified atom stereocenters. The lowest BCUT2D eigenvalue weighted by molar-refractivity contribution is 0.0913. The summed E-state index contributed by atoms with van der Waals surface area (Å²) in [5.74, 6) is -0.0857. The molecule has 0 bridgehead atoms. The fourth-order valence-corrected chi connectivity index (χ4v) is 4.59. The number of carbonyl (C=O) groups excluding carboxylic acids is 2. The van der Waals surface area contributed by atoms with Crippen molar-refractivity contribution >= 4 is 38.8 Å². The zero-order chi connectivity index (χ0) is 19.5. The highest BCUT2D eigenvalue weighted by Gasteiger charge is 2.26.